The Labute approximate surface area is 79.4 Å². The summed E-state index contributed by atoms with van der Waals surface area (Å²) in [5.41, 5.74) is 1.14. The van der Waals surface area contributed by atoms with Gasteiger partial charge in [0, 0.05) is 0 Å². The van der Waals surface area contributed by atoms with Gasteiger partial charge >= 0.3 is 0 Å². The van der Waals surface area contributed by atoms with E-state index in [2.05, 4.69) is 0 Å². The summed E-state index contributed by atoms with van der Waals surface area (Å²) in [7, 11) is 0. The van der Waals surface area contributed by atoms with Crippen molar-refractivity contribution >= 4 is 6.08 Å². The third-order valence-corrected chi connectivity index (χ3v) is 1.72. The third-order valence-electron chi connectivity index (χ3n) is 1.72. The zero-order chi connectivity index (χ0) is 9.52. The van der Waals surface area contributed by atoms with Crippen molar-refractivity contribution in [3.8, 4) is 0 Å². The van der Waals surface area contributed by atoms with Crippen LogP contribution in [0.5, 0.6) is 0 Å². The standard InChI is InChI=1S/C12H14O/c1-3-11(2)13-10-9-12-7-5-4-6-8-12/h3-10H,1-2H3. The van der Waals surface area contributed by atoms with Crippen LogP contribution in [0.4, 0.5) is 0 Å². The number of hydrogen-bond acceptors (Lipinski definition) is 1. The zero-order valence-electron chi connectivity index (χ0n) is 8.03. The molecule has 1 heteroatoms. The first-order valence-electron chi connectivity index (χ1n) is 4.34. The minimum Gasteiger partial charge on any atom is -0.470 e. The van der Waals surface area contributed by atoms with Crippen LogP contribution in [-0.2, 0) is 4.74 Å². The van der Waals surface area contributed by atoms with Gasteiger partial charge in [0.2, 0.25) is 0 Å². The number of rotatable bonds is 3. The average Bonchev–Trinajstić information content (AvgIpc) is 2.19. The molecule has 0 amide bonds. The smallest absolute Gasteiger partial charge is 0.0958 e. The Bertz CT molecular complexity index is 296. The van der Waals surface area contributed by atoms with Gasteiger partial charge in [0.15, 0.2) is 0 Å². The molecule has 1 aromatic rings. The highest BCUT2D eigenvalue weighted by molar-refractivity contribution is 5.47. The second-order valence-corrected chi connectivity index (χ2v) is 2.73. The first-order chi connectivity index (χ1) is 6.33. The molecule has 0 saturated carbocycles. The van der Waals surface area contributed by atoms with Crippen LogP contribution in [0.25, 0.3) is 6.08 Å². The lowest BCUT2D eigenvalue weighted by Crippen LogP contribution is -1.76. The van der Waals surface area contributed by atoms with Crippen LogP contribution in [0.15, 0.2) is 48.4 Å². The van der Waals surface area contributed by atoms with Gasteiger partial charge in [0.25, 0.3) is 0 Å². The molecule has 0 N–H and O–H groups in total. The molecule has 0 spiro atoms. The first kappa shape index (κ1) is 9.59. The normalized spacial score (nSPS) is 12.0. The molecule has 0 aliphatic rings. The maximum Gasteiger partial charge on any atom is 0.0958 e. The second-order valence-electron chi connectivity index (χ2n) is 2.73. The fraction of sp³-hybridized carbons (Fsp3) is 0.167. The van der Waals surface area contributed by atoms with E-state index < -0.39 is 0 Å². The molecule has 0 heterocycles. The van der Waals surface area contributed by atoms with E-state index in [1.54, 1.807) is 6.26 Å². The summed E-state index contributed by atoms with van der Waals surface area (Å²) < 4.78 is 5.28. The van der Waals surface area contributed by atoms with Gasteiger partial charge in [0.05, 0.1) is 12.0 Å². The first-order valence-corrected chi connectivity index (χ1v) is 4.34. The van der Waals surface area contributed by atoms with Crippen LogP contribution in [-0.4, -0.2) is 0 Å². The van der Waals surface area contributed by atoms with E-state index in [9.17, 15) is 0 Å². The Morgan fingerprint density at radius 1 is 1.23 bits per heavy atom. The summed E-state index contributed by atoms with van der Waals surface area (Å²) >= 11 is 0. The maximum absolute atomic E-state index is 5.28. The van der Waals surface area contributed by atoms with Crippen LogP contribution >= 0.6 is 0 Å². The van der Waals surface area contributed by atoms with Crippen LogP contribution < -0.4 is 0 Å². The van der Waals surface area contributed by atoms with Crippen LogP contribution in [0.2, 0.25) is 0 Å². The maximum atomic E-state index is 5.28. The third kappa shape index (κ3) is 3.61. The summed E-state index contributed by atoms with van der Waals surface area (Å²) in [4.78, 5) is 0. The topological polar surface area (TPSA) is 9.23 Å². The van der Waals surface area contributed by atoms with E-state index in [4.69, 9.17) is 4.74 Å². The van der Waals surface area contributed by atoms with Gasteiger partial charge in [0.1, 0.15) is 0 Å². The lowest BCUT2D eigenvalue weighted by atomic mass is 10.2. The van der Waals surface area contributed by atoms with Gasteiger partial charge in [-0.1, -0.05) is 30.3 Å². The molecular weight excluding hydrogens is 160 g/mol. The molecule has 68 valence electrons. The Kier molecular flexibility index (Phi) is 3.83. The predicted molar refractivity (Wildman–Crippen MR) is 56.0 cm³/mol. The van der Waals surface area contributed by atoms with E-state index in [0.717, 1.165) is 11.3 Å². The van der Waals surface area contributed by atoms with E-state index in [1.807, 2.05) is 56.3 Å². The lowest BCUT2D eigenvalue weighted by Gasteiger charge is -1.97. The summed E-state index contributed by atoms with van der Waals surface area (Å²) in [5.74, 6) is 0.909. The van der Waals surface area contributed by atoms with Crippen LogP contribution in [0.1, 0.15) is 19.4 Å². The van der Waals surface area contributed by atoms with Gasteiger partial charge in [-0.3, -0.25) is 0 Å². The van der Waals surface area contributed by atoms with Crippen LogP contribution in [0.3, 0.4) is 0 Å². The highest BCUT2D eigenvalue weighted by atomic mass is 16.5. The Morgan fingerprint density at radius 2 is 1.92 bits per heavy atom. The van der Waals surface area contributed by atoms with E-state index in [1.165, 1.54) is 0 Å². The van der Waals surface area contributed by atoms with Crippen molar-refractivity contribution in [3.63, 3.8) is 0 Å². The molecule has 1 rings (SSSR count). The van der Waals surface area contributed by atoms with Gasteiger partial charge in [-0.25, -0.2) is 0 Å². The summed E-state index contributed by atoms with van der Waals surface area (Å²) in [6.07, 6.45) is 5.56. The molecular formula is C12H14O. The van der Waals surface area contributed by atoms with Crippen molar-refractivity contribution in [1.82, 2.24) is 0 Å². The lowest BCUT2D eigenvalue weighted by molar-refractivity contribution is 0.355. The number of allylic oxidation sites excluding steroid dienone is 2. The highest BCUT2D eigenvalue weighted by Gasteiger charge is 1.83. The molecule has 0 aliphatic carbocycles. The minimum atomic E-state index is 0.909. The molecule has 0 unspecified atom stereocenters. The van der Waals surface area contributed by atoms with E-state index in [-0.39, 0.29) is 0 Å². The quantitative estimate of drug-likeness (QED) is 0.636. The van der Waals surface area contributed by atoms with Crippen molar-refractivity contribution in [3.05, 3.63) is 54.0 Å². The summed E-state index contributed by atoms with van der Waals surface area (Å²) in [5, 5.41) is 0. The van der Waals surface area contributed by atoms with Crippen molar-refractivity contribution < 1.29 is 4.74 Å². The zero-order valence-corrected chi connectivity index (χ0v) is 8.03. The fourth-order valence-corrected chi connectivity index (χ4v) is 0.852. The van der Waals surface area contributed by atoms with Crippen molar-refractivity contribution in [2.75, 3.05) is 0 Å². The molecule has 0 saturated heterocycles. The van der Waals surface area contributed by atoms with E-state index >= 15 is 0 Å². The van der Waals surface area contributed by atoms with Gasteiger partial charge in [-0.05, 0) is 31.6 Å². The molecule has 1 aromatic carbocycles. The number of hydrogen-bond donors (Lipinski definition) is 0. The van der Waals surface area contributed by atoms with Crippen LogP contribution in [0, 0.1) is 0 Å². The molecule has 0 aliphatic heterocycles. The fourth-order valence-electron chi connectivity index (χ4n) is 0.852. The molecule has 1 nitrogen and oxygen atoms in total. The highest BCUT2D eigenvalue weighted by Crippen LogP contribution is 2.03. The Hall–Kier alpha value is -1.50. The molecule has 0 bridgehead atoms. The molecule has 0 atom stereocenters. The Balaban J connectivity index is 2.50. The Morgan fingerprint density at radius 3 is 2.54 bits per heavy atom. The molecule has 0 aromatic heterocycles. The number of ether oxygens (including phenoxy) is 1. The summed E-state index contributed by atoms with van der Waals surface area (Å²) in [6, 6.07) is 10.1. The summed E-state index contributed by atoms with van der Waals surface area (Å²) in [6.45, 7) is 3.88. The monoisotopic (exact) mass is 174 g/mol. The molecule has 0 radical (unpaired) electrons. The molecule has 0 fully saturated rings. The van der Waals surface area contributed by atoms with Gasteiger partial charge < -0.3 is 4.74 Å². The predicted octanol–water partition coefficient (Wildman–Crippen LogP) is 3.60. The number of benzene rings is 1. The van der Waals surface area contributed by atoms with Crippen molar-refractivity contribution in [2.45, 2.75) is 13.8 Å². The second kappa shape index (κ2) is 5.20. The van der Waals surface area contributed by atoms with Gasteiger partial charge in [-0.15, -0.1) is 0 Å². The molecule has 13 heavy (non-hydrogen) atoms. The SMILES string of the molecule is CC=C(C)OC=Cc1ccccc1. The van der Waals surface area contributed by atoms with Gasteiger partial charge in [-0.2, -0.15) is 0 Å². The largest absolute Gasteiger partial charge is 0.470 e. The minimum absolute atomic E-state index is 0.909. The van der Waals surface area contributed by atoms with E-state index in [0.29, 0.717) is 0 Å². The average molecular weight is 174 g/mol. The van der Waals surface area contributed by atoms with Crippen molar-refractivity contribution in [2.24, 2.45) is 0 Å². The van der Waals surface area contributed by atoms with Crippen molar-refractivity contribution in [1.29, 1.82) is 0 Å².